The topological polar surface area (TPSA) is 63.8 Å². The predicted molar refractivity (Wildman–Crippen MR) is 66.7 cm³/mol. The Balaban J connectivity index is 1.97. The van der Waals surface area contributed by atoms with Crippen molar-refractivity contribution in [3.8, 4) is 0 Å². The lowest BCUT2D eigenvalue weighted by atomic mass is 9.94. The minimum atomic E-state index is 0.577. The number of hydrogen-bond donors (Lipinski definition) is 2. The van der Waals surface area contributed by atoms with Gasteiger partial charge in [0, 0.05) is 11.6 Å². The normalized spacial score (nSPS) is 18.0. The molecule has 0 amide bonds. The molecule has 0 saturated carbocycles. The van der Waals surface area contributed by atoms with E-state index in [1.54, 1.807) is 0 Å². The Morgan fingerprint density at radius 2 is 2.06 bits per heavy atom. The van der Waals surface area contributed by atoms with Gasteiger partial charge in [-0.1, -0.05) is 11.3 Å². The van der Waals surface area contributed by atoms with Crippen molar-refractivity contribution in [1.82, 2.24) is 15.3 Å². The maximum Gasteiger partial charge on any atom is 0.182 e. The van der Waals surface area contributed by atoms with Gasteiger partial charge in [0.2, 0.25) is 0 Å². The molecule has 0 unspecified atom stereocenters. The van der Waals surface area contributed by atoms with Crippen LogP contribution in [0.4, 0.5) is 5.13 Å². The van der Waals surface area contributed by atoms with Gasteiger partial charge in [-0.15, -0.1) is 0 Å². The third-order valence-electron chi connectivity index (χ3n) is 3.05. The average molecular weight is 234 g/mol. The van der Waals surface area contributed by atoms with Crippen molar-refractivity contribution < 1.29 is 0 Å². The number of aromatic nitrogens is 2. The van der Waals surface area contributed by atoms with E-state index < -0.39 is 0 Å². The first kappa shape index (κ1) is 9.99. The van der Waals surface area contributed by atoms with Crippen LogP contribution in [0.3, 0.4) is 0 Å². The van der Waals surface area contributed by atoms with Gasteiger partial charge in [0.15, 0.2) is 10.8 Å². The molecule has 16 heavy (non-hydrogen) atoms. The molecule has 0 spiro atoms. The maximum absolute atomic E-state index is 5.68. The van der Waals surface area contributed by atoms with Gasteiger partial charge in [0.25, 0.3) is 0 Å². The first-order chi connectivity index (χ1) is 7.83. The molecule has 0 bridgehead atoms. The number of pyridine rings is 1. The second-order valence-corrected chi connectivity index (χ2v) is 5.20. The number of thiazole rings is 1. The third-order valence-corrected chi connectivity index (χ3v) is 3.89. The molecule has 3 N–H and O–H groups in total. The van der Waals surface area contributed by atoms with E-state index in [2.05, 4.69) is 27.4 Å². The molecule has 5 heteroatoms. The first-order valence-corrected chi connectivity index (χ1v) is 6.38. The molecule has 0 radical (unpaired) electrons. The van der Waals surface area contributed by atoms with Crippen molar-refractivity contribution in [2.75, 3.05) is 18.8 Å². The fourth-order valence-corrected chi connectivity index (χ4v) is 2.87. The van der Waals surface area contributed by atoms with Crippen molar-refractivity contribution >= 4 is 26.8 Å². The zero-order valence-electron chi connectivity index (χ0n) is 8.94. The summed E-state index contributed by atoms with van der Waals surface area (Å²) in [6, 6.07) is 4.21. The van der Waals surface area contributed by atoms with Gasteiger partial charge in [-0.2, -0.15) is 0 Å². The molecule has 4 nitrogen and oxygen atoms in total. The molecule has 0 aliphatic carbocycles. The summed E-state index contributed by atoms with van der Waals surface area (Å²) < 4.78 is 1.08. The summed E-state index contributed by atoms with van der Waals surface area (Å²) >= 11 is 1.50. The van der Waals surface area contributed by atoms with Crippen molar-refractivity contribution in [1.29, 1.82) is 0 Å². The Labute approximate surface area is 97.9 Å². The van der Waals surface area contributed by atoms with Gasteiger partial charge in [-0.05, 0) is 38.1 Å². The van der Waals surface area contributed by atoms with Crippen LogP contribution in [-0.2, 0) is 0 Å². The van der Waals surface area contributed by atoms with Crippen molar-refractivity contribution in [3.05, 3.63) is 17.8 Å². The highest BCUT2D eigenvalue weighted by Crippen LogP contribution is 2.28. The molecule has 1 fully saturated rings. The Kier molecular flexibility index (Phi) is 2.49. The van der Waals surface area contributed by atoms with Crippen molar-refractivity contribution in [2.24, 2.45) is 0 Å². The van der Waals surface area contributed by atoms with Crippen molar-refractivity contribution in [2.45, 2.75) is 18.8 Å². The average Bonchev–Trinajstić information content (AvgIpc) is 2.69. The Morgan fingerprint density at radius 1 is 1.25 bits per heavy atom. The molecule has 1 aliphatic heterocycles. The summed E-state index contributed by atoms with van der Waals surface area (Å²) in [5, 5.41) is 3.97. The van der Waals surface area contributed by atoms with Crippen LogP contribution < -0.4 is 11.1 Å². The van der Waals surface area contributed by atoms with Gasteiger partial charge in [0.05, 0.1) is 4.70 Å². The summed E-state index contributed by atoms with van der Waals surface area (Å²) in [5.41, 5.74) is 7.65. The molecular weight excluding hydrogens is 220 g/mol. The monoisotopic (exact) mass is 234 g/mol. The van der Waals surface area contributed by atoms with Gasteiger partial charge in [-0.25, -0.2) is 9.97 Å². The molecule has 2 aromatic heterocycles. The summed E-state index contributed by atoms with van der Waals surface area (Å²) in [6.07, 6.45) is 2.33. The van der Waals surface area contributed by atoms with Gasteiger partial charge >= 0.3 is 0 Å². The number of nitrogens with one attached hydrogen (secondary N) is 1. The SMILES string of the molecule is Nc1nc2nc(C3CCNCC3)ccc2s1. The molecule has 84 valence electrons. The van der Waals surface area contributed by atoms with Gasteiger partial charge in [-0.3, -0.25) is 0 Å². The van der Waals surface area contributed by atoms with E-state index in [1.165, 1.54) is 17.0 Å². The summed E-state index contributed by atoms with van der Waals surface area (Å²) in [5.74, 6) is 0.577. The summed E-state index contributed by atoms with van der Waals surface area (Å²) in [6.45, 7) is 2.17. The maximum atomic E-state index is 5.68. The number of hydrogen-bond acceptors (Lipinski definition) is 5. The Hall–Kier alpha value is -1.20. The predicted octanol–water partition coefficient (Wildman–Crippen LogP) is 1.74. The van der Waals surface area contributed by atoms with Crippen LogP contribution in [0, 0.1) is 0 Å². The fraction of sp³-hybridized carbons (Fsp3) is 0.455. The van der Waals surface area contributed by atoms with E-state index in [0.29, 0.717) is 11.0 Å². The molecule has 0 atom stereocenters. The Bertz CT molecular complexity index is 502. The molecule has 0 aromatic carbocycles. The van der Waals surface area contributed by atoms with Crippen molar-refractivity contribution in [3.63, 3.8) is 0 Å². The Morgan fingerprint density at radius 3 is 2.88 bits per heavy atom. The van der Waals surface area contributed by atoms with Crippen LogP contribution in [0.2, 0.25) is 0 Å². The fourth-order valence-electron chi connectivity index (χ4n) is 2.19. The standard InChI is InChI=1S/C11H14N4S/c12-11-15-10-9(16-11)2-1-8(14-10)7-3-5-13-6-4-7/h1-2,7,13H,3-6H2,(H2,12,14,15). The highest BCUT2D eigenvalue weighted by Gasteiger charge is 2.17. The molecule has 3 heterocycles. The minimum Gasteiger partial charge on any atom is -0.375 e. The second kappa shape index (κ2) is 3.99. The van der Waals surface area contributed by atoms with E-state index >= 15 is 0 Å². The van der Waals surface area contributed by atoms with Crippen LogP contribution in [0.5, 0.6) is 0 Å². The number of piperidine rings is 1. The lowest BCUT2D eigenvalue weighted by molar-refractivity contribution is 0.454. The lowest BCUT2D eigenvalue weighted by Gasteiger charge is -2.21. The minimum absolute atomic E-state index is 0.577. The molecule has 3 rings (SSSR count). The van der Waals surface area contributed by atoms with E-state index in [9.17, 15) is 0 Å². The number of nitrogen functional groups attached to an aromatic ring is 1. The van der Waals surface area contributed by atoms with Crippen LogP contribution in [0.15, 0.2) is 12.1 Å². The molecule has 1 saturated heterocycles. The number of rotatable bonds is 1. The van der Waals surface area contributed by atoms with E-state index in [-0.39, 0.29) is 0 Å². The van der Waals surface area contributed by atoms with Crippen LogP contribution in [-0.4, -0.2) is 23.1 Å². The quantitative estimate of drug-likeness (QED) is 0.789. The number of fused-ring (bicyclic) bond motifs is 1. The van der Waals surface area contributed by atoms with Gasteiger partial charge in [0.1, 0.15) is 0 Å². The van der Waals surface area contributed by atoms with Crippen LogP contribution >= 0.6 is 11.3 Å². The molecular formula is C11H14N4S. The first-order valence-electron chi connectivity index (χ1n) is 5.56. The largest absolute Gasteiger partial charge is 0.375 e. The number of nitrogens with zero attached hydrogens (tertiary/aromatic N) is 2. The zero-order chi connectivity index (χ0) is 11.0. The number of anilines is 1. The van der Waals surface area contributed by atoms with Crippen LogP contribution in [0.1, 0.15) is 24.5 Å². The molecule has 1 aliphatic rings. The van der Waals surface area contributed by atoms with E-state index in [0.717, 1.165) is 36.3 Å². The zero-order valence-corrected chi connectivity index (χ0v) is 9.76. The van der Waals surface area contributed by atoms with E-state index in [1.807, 2.05) is 0 Å². The van der Waals surface area contributed by atoms with E-state index in [4.69, 9.17) is 5.73 Å². The summed E-state index contributed by atoms with van der Waals surface area (Å²) in [4.78, 5) is 8.85. The highest BCUT2D eigenvalue weighted by molar-refractivity contribution is 7.21. The smallest absolute Gasteiger partial charge is 0.182 e. The molecule has 2 aromatic rings. The van der Waals surface area contributed by atoms with Crippen LogP contribution in [0.25, 0.3) is 10.3 Å². The summed E-state index contributed by atoms with van der Waals surface area (Å²) in [7, 11) is 0. The second-order valence-electron chi connectivity index (χ2n) is 4.13. The highest BCUT2D eigenvalue weighted by atomic mass is 32.1. The third kappa shape index (κ3) is 1.76. The van der Waals surface area contributed by atoms with Gasteiger partial charge < -0.3 is 11.1 Å². The lowest BCUT2D eigenvalue weighted by Crippen LogP contribution is -2.27. The number of nitrogens with two attached hydrogens (primary N) is 1.